The third-order valence-corrected chi connectivity index (χ3v) is 6.26. The number of aliphatic hydroxyl groups is 1. The van der Waals surface area contributed by atoms with Gasteiger partial charge in [0.2, 0.25) is 5.89 Å². The van der Waals surface area contributed by atoms with Crippen molar-refractivity contribution in [3.8, 4) is 28.6 Å². The molecule has 0 saturated carbocycles. The van der Waals surface area contributed by atoms with Crippen LogP contribution in [-0.2, 0) is 12.6 Å². The summed E-state index contributed by atoms with van der Waals surface area (Å²) in [6.07, 6.45) is 1.47. The van der Waals surface area contributed by atoms with Crippen molar-refractivity contribution >= 4 is 21.7 Å². The molecule has 0 saturated heterocycles. The summed E-state index contributed by atoms with van der Waals surface area (Å²) in [4.78, 5) is 30.0. The first-order valence-corrected chi connectivity index (χ1v) is 11.8. The Morgan fingerprint density at radius 3 is 2.54 bits per heavy atom. The van der Waals surface area contributed by atoms with E-state index < -0.39 is 17.4 Å². The van der Waals surface area contributed by atoms with Crippen molar-refractivity contribution in [1.29, 1.82) is 0 Å². The number of rotatable bonds is 5. The van der Waals surface area contributed by atoms with Crippen LogP contribution in [0.15, 0.2) is 88.6 Å². The fraction of sp³-hybridized carbons (Fsp3) is 0.107. The Hall–Kier alpha value is -4.90. The Balaban J connectivity index is 1.54. The van der Waals surface area contributed by atoms with Gasteiger partial charge in [-0.25, -0.2) is 0 Å². The highest BCUT2D eigenvalue weighted by Crippen LogP contribution is 2.35. The summed E-state index contributed by atoms with van der Waals surface area (Å²) in [6, 6.07) is 14.4. The highest BCUT2D eigenvalue weighted by molar-refractivity contribution is 5.88. The van der Waals surface area contributed by atoms with E-state index in [1.165, 1.54) is 23.0 Å². The lowest BCUT2D eigenvalue weighted by Crippen LogP contribution is -2.19. The van der Waals surface area contributed by atoms with Gasteiger partial charge in [0.1, 0.15) is 11.2 Å². The number of hydrogen-bond donors (Lipinski definition) is 1. The molecule has 5 heterocycles. The van der Waals surface area contributed by atoms with Crippen molar-refractivity contribution in [3.63, 3.8) is 0 Å². The molecular weight excluding hydrogens is 511 g/mol. The molecule has 0 radical (unpaired) electrons. The lowest BCUT2D eigenvalue weighted by atomic mass is 10.1. The van der Waals surface area contributed by atoms with Crippen molar-refractivity contribution in [2.75, 3.05) is 6.61 Å². The number of pyridine rings is 4. The zero-order valence-electron chi connectivity index (χ0n) is 20.1. The quantitative estimate of drug-likeness (QED) is 0.327. The van der Waals surface area contributed by atoms with Crippen molar-refractivity contribution in [2.24, 2.45) is 0 Å². The molecular formula is C28H18F3N5O3. The normalized spacial score (nSPS) is 11.9. The first-order valence-electron chi connectivity index (χ1n) is 11.8. The Morgan fingerprint density at radius 2 is 1.77 bits per heavy atom. The Kier molecular flexibility index (Phi) is 5.92. The molecule has 8 nitrogen and oxygen atoms in total. The van der Waals surface area contributed by atoms with Crippen LogP contribution in [0.2, 0.25) is 0 Å². The largest absolute Gasteiger partial charge is 0.434 e. The summed E-state index contributed by atoms with van der Waals surface area (Å²) in [5.41, 5.74) is 0.203. The van der Waals surface area contributed by atoms with Gasteiger partial charge in [0.15, 0.2) is 11.6 Å². The van der Waals surface area contributed by atoms with Gasteiger partial charge in [0.25, 0.3) is 5.56 Å². The van der Waals surface area contributed by atoms with Crippen LogP contribution in [0, 0.1) is 0 Å². The summed E-state index contributed by atoms with van der Waals surface area (Å²) >= 11 is 0. The van der Waals surface area contributed by atoms with Crippen molar-refractivity contribution in [3.05, 3.63) is 101 Å². The predicted octanol–water partition coefficient (Wildman–Crippen LogP) is 5.20. The van der Waals surface area contributed by atoms with E-state index in [2.05, 4.69) is 19.9 Å². The number of hydrogen-bond acceptors (Lipinski definition) is 7. The van der Waals surface area contributed by atoms with Gasteiger partial charge in [-0.2, -0.15) is 18.2 Å². The Bertz CT molecular complexity index is 1900. The van der Waals surface area contributed by atoms with Crippen molar-refractivity contribution in [2.45, 2.75) is 12.6 Å². The number of benzene rings is 1. The lowest BCUT2D eigenvalue weighted by Gasteiger charge is -2.07. The number of nitrogens with zero attached hydrogens (tertiary/aromatic N) is 5. The zero-order valence-corrected chi connectivity index (χ0v) is 20.1. The van der Waals surface area contributed by atoms with E-state index in [4.69, 9.17) is 4.42 Å². The van der Waals surface area contributed by atoms with Gasteiger partial charge in [0, 0.05) is 59.7 Å². The molecule has 0 bridgehead atoms. The van der Waals surface area contributed by atoms with Crippen LogP contribution in [0.25, 0.3) is 50.3 Å². The van der Waals surface area contributed by atoms with E-state index in [1.807, 2.05) is 18.2 Å². The molecule has 0 spiro atoms. The van der Waals surface area contributed by atoms with Crippen LogP contribution in [0.4, 0.5) is 13.2 Å². The van der Waals surface area contributed by atoms with E-state index in [0.29, 0.717) is 17.4 Å². The number of oxazole rings is 1. The first kappa shape index (κ1) is 24.4. The van der Waals surface area contributed by atoms with E-state index >= 15 is 0 Å². The summed E-state index contributed by atoms with van der Waals surface area (Å²) < 4.78 is 46.7. The first-order chi connectivity index (χ1) is 18.8. The van der Waals surface area contributed by atoms with Crippen LogP contribution in [0.1, 0.15) is 11.4 Å². The third-order valence-electron chi connectivity index (χ3n) is 6.26. The van der Waals surface area contributed by atoms with Crippen LogP contribution < -0.4 is 5.56 Å². The molecule has 39 heavy (non-hydrogen) atoms. The summed E-state index contributed by atoms with van der Waals surface area (Å²) in [7, 11) is 0. The Labute approximate surface area is 218 Å². The minimum absolute atomic E-state index is 0.0448. The molecule has 0 fully saturated rings. The minimum atomic E-state index is -4.61. The number of aliphatic hydroxyl groups excluding tert-OH is 1. The average molecular weight is 529 g/mol. The third kappa shape index (κ3) is 4.42. The molecule has 0 aliphatic heterocycles. The molecule has 1 aromatic carbocycles. The second-order valence-corrected chi connectivity index (χ2v) is 8.70. The second-order valence-electron chi connectivity index (χ2n) is 8.70. The smallest absolute Gasteiger partial charge is 0.433 e. The number of halogens is 3. The van der Waals surface area contributed by atoms with Gasteiger partial charge in [-0.15, -0.1) is 0 Å². The fourth-order valence-electron chi connectivity index (χ4n) is 4.40. The second kappa shape index (κ2) is 9.44. The van der Waals surface area contributed by atoms with Gasteiger partial charge < -0.3 is 9.52 Å². The monoisotopic (exact) mass is 529 g/mol. The standard InChI is InChI=1S/C28H18F3N5O3/c29-28(30,31)22-6-4-19(15-34-22)24-25(36-12-8-16-2-1-10-33-23(16)27(36)38)35-26(39-24)18-3-5-20-17(14-18)7-11-32-21(20)9-13-37/h1-8,10-12,14-15,37H,9,13H2. The zero-order chi connectivity index (χ0) is 27.1. The topological polar surface area (TPSA) is 107 Å². The van der Waals surface area contributed by atoms with Crippen molar-refractivity contribution in [1.82, 2.24) is 24.5 Å². The molecule has 194 valence electrons. The van der Waals surface area contributed by atoms with Gasteiger partial charge in [-0.3, -0.25) is 24.3 Å². The molecule has 11 heteroatoms. The summed E-state index contributed by atoms with van der Waals surface area (Å²) in [5, 5.41) is 11.7. The van der Waals surface area contributed by atoms with Crippen LogP contribution in [0.3, 0.4) is 0 Å². The van der Waals surface area contributed by atoms with Crippen LogP contribution in [0.5, 0.6) is 0 Å². The molecule has 6 aromatic rings. The molecule has 1 N–H and O–H groups in total. The highest BCUT2D eigenvalue weighted by Gasteiger charge is 2.32. The molecule has 5 aromatic heterocycles. The predicted molar refractivity (Wildman–Crippen MR) is 137 cm³/mol. The van der Waals surface area contributed by atoms with Gasteiger partial charge in [-0.05, 0) is 47.9 Å². The van der Waals surface area contributed by atoms with E-state index in [0.717, 1.165) is 28.7 Å². The molecule has 0 unspecified atom stereocenters. The maximum absolute atomic E-state index is 13.3. The minimum Gasteiger partial charge on any atom is -0.434 e. The molecule has 0 amide bonds. The summed E-state index contributed by atoms with van der Waals surface area (Å²) in [6.45, 7) is -0.0448. The van der Waals surface area contributed by atoms with E-state index in [9.17, 15) is 23.1 Å². The number of alkyl halides is 3. The van der Waals surface area contributed by atoms with Crippen molar-refractivity contribution < 1.29 is 22.7 Å². The molecule has 0 aliphatic carbocycles. The van der Waals surface area contributed by atoms with Gasteiger partial charge in [0.05, 0.1) is 5.69 Å². The number of aromatic nitrogens is 5. The van der Waals surface area contributed by atoms with Crippen LogP contribution in [-0.4, -0.2) is 36.2 Å². The maximum atomic E-state index is 13.3. The SMILES string of the molecule is O=c1c2ncccc2ccn1-c1nc(-c2ccc3c(CCO)nccc3c2)oc1-c1ccc(C(F)(F)F)nc1. The average Bonchev–Trinajstić information content (AvgIpc) is 3.38. The van der Waals surface area contributed by atoms with Gasteiger partial charge in [-0.1, -0.05) is 12.1 Å². The molecule has 0 aliphatic rings. The van der Waals surface area contributed by atoms with Gasteiger partial charge >= 0.3 is 6.18 Å². The Morgan fingerprint density at radius 1 is 0.923 bits per heavy atom. The van der Waals surface area contributed by atoms with E-state index in [1.54, 1.807) is 30.5 Å². The highest BCUT2D eigenvalue weighted by atomic mass is 19.4. The number of fused-ring (bicyclic) bond motifs is 2. The summed E-state index contributed by atoms with van der Waals surface area (Å²) in [5.74, 6) is 0.301. The maximum Gasteiger partial charge on any atom is 0.433 e. The molecule has 0 atom stereocenters. The molecule has 6 rings (SSSR count). The van der Waals surface area contributed by atoms with Crippen LogP contribution >= 0.6 is 0 Å². The fourth-order valence-corrected chi connectivity index (χ4v) is 4.40. The lowest BCUT2D eigenvalue weighted by molar-refractivity contribution is -0.141. The van der Waals surface area contributed by atoms with E-state index in [-0.39, 0.29) is 35.2 Å².